The van der Waals surface area contributed by atoms with Gasteiger partial charge in [0.2, 0.25) is 11.9 Å². The fourth-order valence-corrected chi connectivity index (χ4v) is 2.91. The van der Waals surface area contributed by atoms with Gasteiger partial charge < -0.3 is 20.4 Å². The third kappa shape index (κ3) is 5.86. The van der Waals surface area contributed by atoms with Gasteiger partial charge in [-0.15, -0.1) is 0 Å². The van der Waals surface area contributed by atoms with Crippen molar-refractivity contribution in [1.82, 2.24) is 19.9 Å². The summed E-state index contributed by atoms with van der Waals surface area (Å²) in [7, 11) is 0. The molecule has 0 atom stereocenters. The van der Waals surface area contributed by atoms with Crippen LogP contribution in [0.4, 0.5) is 30.8 Å². The fraction of sp³-hybridized carbons (Fsp3) is 0.300. The second-order valence-electron chi connectivity index (χ2n) is 6.68. The molecular weight excluding hydrogens is 413 g/mol. The number of nitrogens with one attached hydrogen (secondary N) is 1. The van der Waals surface area contributed by atoms with Crippen molar-refractivity contribution in [1.29, 1.82) is 0 Å². The molecule has 0 bridgehead atoms. The Hall–Kier alpha value is -3.31. The molecule has 0 unspecified atom stereocenters. The highest BCUT2D eigenvalue weighted by molar-refractivity contribution is 5.70. The number of aromatic nitrogens is 4. The Bertz CT molecular complexity index is 1010. The summed E-state index contributed by atoms with van der Waals surface area (Å²) >= 11 is 0. The van der Waals surface area contributed by atoms with Gasteiger partial charge in [-0.1, -0.05) is 6.07 Å². The van der Waals surface area contributed by atoms with Gasteiger partial charge >= 0.3 is 6.18 Å². The van der Waals surface area contributed by atoms with Crippen molar-refractivity contribution in [2.75, 3.05) is 36.5 Å². The lowest BCUT2D eigenvalue weighted by Gasteiger charge is -2.20. The van der Waals surface area contributed by atoms with Gasteiger partial charge in [-0.2, -0.15) is 13.2 Å². The standard InChI is InChI=1S/C20H21F3N6O2/c1-13-8-14(15-11-25-19(26-12-15)29(4-6-30)5-7-31)10-16(9-13)27-18-24-3-2-17(28-18)20(21,22)23/h2-3,8-12,30-31H,4-7H2,1H3,(H,24,27,28). The summed E-state index contributed by atoms with van der Waals surface area (Å²) in [6.45, 7) is 2.22. The molecule has 11 heteroatoms. The highest BCUT2D eigenvalue weighted by atomic mass is 19.4. The van der Waals surface area contributed by atoms with E-state index in [2.05, 4.69) is 25.3 Å². The Morgan fingerprint density at radius 3 is 2.26 bits per heavy atom. The van der Waals surface area contributed by atoms with Gasteiger partial charge in [-0.3, -0.25) is 0 Å². The number of benzene rings is 1. The molecular formula is C20H21F3N6O2. The lowest BCUT2D eigenvalue weighted by atomic mass is 10.1. The average Bonchev–Trinajstić information content (AvgIpc) is 2.73. The van der Waals surface area contributed by atoms with Crippen LogP contribution < -0.4 is 10.2 Å². The van der Waals surface area contributed by atoms with E-state index in [0.29, 0.717) is 17.2 Å². The molecule has 0 aliphatic heterocycles. The first-order chi connectivity index (χ1) is 14.8. The van der Waals surface area contributed by atoms with Crippen molar-refractivity contribution in [2.24, 2.45) is 0 Å². The van der Waals surface area contributed by atoms with Crippen molar-refractivity contribution in [3.63, 3.8) is 0 Å². The molecule has 0 radical (unpaired) electrons. The monoisotopic (exact) mass is 434 g/mol. The van der Waals surface area contributed by atoms with Crippen LogP contribution in [-0.2, 0) is 6.18 Å². The van der Waals surface area contributed by atoms with E-state index in [9.17, 15) is 13.2 Å². The maximum atomic E-state index is 12.9. The molecule has 0 saturated heterocycles. The van der Waals surface area contributed by atoms with Crippen molar-refractivity contribution >= 4 is 17.6 Å². The van der Waals surface area contributed by atoms with Crippen LogP contribution in [-0.4, -0.2) is 56.5 Å². The van der Waals surface area contributed by atoms with E-state index < -0.39 is 11.9 Å². The third-order valence-corrected chi connectivity index (χ3v) is 4.27. The summed E-state index contributed by atoms with van der Waals surface area (Å²) in [6.07, 6.45) is -0.311. The minimum Gasteiger partial charge on any atom is -0.395 e. The van der Waals surface area contributed by atoms with Crippen molar-refractivity contribution in [3.8, 4) is 11.1 Å². The molecule has 0 spiro atoms. The van der Waals surface area contributed by atoms with Gasteiger partial charge in [-0.25, -0.2) is 19.9 Å². The third-order valence-electron chi connectivity index (χ3n) is 4.27. The topological polar surface area (TPSA) is 107 Å². The highest BCUT2D eigenvalue weighted by Gasteiger charge is 2.32. The first-order valence-corrected chi connectivity index (χ1v) is 9.38. The molecule has 3 N–H and O–H groups in total. The first kappa shape index (κ1) is 22.4. The van der Waals surface area contributed by atoms with E-state index in [1.807, 2.05) is 13.0 Å². The van der Waals surface area contributed by atoms with Crippen molar-refractivity contribution in [3.05, 3.63) is 54.1 Å². The zero-order valence-corrected chi connectivity index (χ0v) is 16.6. The van der Waals surface area contributed by atoms with E-state index in [-0.39, 0.29) is 32.3 Å². The Morgan fingerprint density at radius 2 is 1.65 bits per heavy atom. The van der Waals surface area contributed by atoms with E-state index >= 15 is 0 Å². The highest BCUT2D eigenvalue weighted by Crippen LogP contribution is 2.29. The van der Waals surface area contributed by atoms with Crippen LogP contribution in [0.2, 0.25) is 0 Å². The number of aliphatic hydroxyl groups excluding tert-OH is 2. The molecule has 3 rings (SSSR count). The summed E-state index contributed by atoms with van der Waals surface area (Å²) in [4.78, 5) is 17.6. The summed E-state index contributed by atoms with van der Waals surface area (Å²) in [5.74, 6) is 0.205. The predicted octanol–water partition coefficient (Wildman–Crippen LogP) is 2.80. The second-order valence-corrected chi connectivity index (χ2v) is 6.68. The Labute approximate surface area is 176 Å². The molecule has 0 aliphatic carbocycles. The van der Waals surface area contributed by atoms with Gasteiger partial charge in [0, 0.05) is 42.9 Å². The van der Waals surface area contributed by atoms with Crippen LogP contribution in [0.3, 0.4) is 0 Å². The molecule has 2 aromatic heterocycles. The molecule has 164 valence electrons. The first-order valence-electron chi connectivity index (χ1n) is 9.38. The van der Waals surface area contributed by atoms with Crippen LogP contribution in [0.15, 0.2) is 42.9 Å². The Balaban J connectivity index is 1.84. The van der Waals surface area contributed by atoms with Gasteiger partial charge in [0.15, 0.2) is 0 Å². The molecule has 0 fully saturated rings. The number of anilines is 3. The number of aliphatic hydroxyl groups is 2. The molecule has 0 amide bonds. The molecule has 0 aliphatic rings. The van der Waals surface area contributed by atoms with Crippen LogP contribution in [0.5, 0.6) is 0 Å². The van der Waals surface area contributed by atoms with E-state index in [0.717, 1.165) is 23.4 Å². The molecule has 0 saturated carbocycles. The number of rotatable bonds is 8. The number of hydrogen-bond acceptors (Lipinski definition) is 8. The molecule has 31 heavy (non-hydrogen) atoms. The average molecular weight is 434 g/mol. The van der Waals surface area contributed by atoms with Crippen LogP contribution in [0.25, 0.3) is 11.1 Å². The van der Waals surface area contributed by atoms with Gasteiger partial charge in [0.25, 0.3) is 0 Å². The van der Waals surface area contributed by atoms with Crippen LogP contribution in [0, 0.1) is 6.92 Å². The number of hydrogen-bond donors (Lipinski definition) is 3. The molecule has 2 heterocycles. The number of aryl methyl sites for hydroxylation is 1. The smallest absolute Gasteiger partial charge is 0.395 e. The predicted molar refractivity (Wildman–Crippen MR) is 109 cm³/mol. The SMILES string of the molecule is Cc1cc(Nc2nccc(C(F)(F)F)n2)cc(-c2cnc(N(CCO)CCO)nc2)c1. The summed E-state index contributed by atoms with van der Waals surface area (Å²) < 4.78 is 38.6. The molecule has 3 aromatic rings. The zero-order valence-electron chi connectivity index (χ0n) is 16.6. The Morgan fingerprint density at radius 1 is 0.968 bits per heavy atom. The molecule has 8 nitrogen and oxygen atoms in total. The van der Waals surface area contributed by atoms with E-state index in [1.54, 1.807) is 29.4 Å². The maximum absolute atomic E-state index is 12.9. The summed E-state index contributed by atoms with van der Waals surface area (Å²) in [5.41, 5.74) is 1.78. The Kier molecular flexibility index (Phi) is 6.98. The largest absolute Gasteiger partial charge is 0.433 e. The normalized spacial score (nSPS) is 11.4. The quantitative estimate of drug-likeness (QED) is 0.497. The van der Waals surface area contributed by atoms with Crippen LogP contribution >= 0.6 is 0 Å². The number of nitrogens with zero attached hydrogens (tertiary/aromatic N) is 5. The van der Waals surface area contributed by atoms with E-state index in [1.165, 1.54) is 0 Å². The fourth-order valence-electron chi connectivity index (χ4n) is 2.91. The minimum absolute atomic E-state index is 0.102. The summed E-state index contributed by atoms with van der Waals surface area (Å²) in [6, 6.07) is 6.18. The van der Waals surface area contributed by atoms with Crippen LogP contribution in [0.1, 0.15) is 11.3 Å². The number of alkyl halides is 3. The van der Waals surface area contributed by atoms with Gasteiger partial charge in [-0.05, 0) is 36.2 Å². The van der Waals surface area contributed by atoms with Gasteiger partial charge in [0.05, 0.1) is 13.2 Å². The second kappa shape index (κ2) is 9.67. The van der Waals surface area contributed by atoms with Gasteiger partial charge in [0.1, 0.15) is 5.69 Å². The van der Waals surface area contributed by atoms with E-state index in [4.69, 9.17) is 10.2 Å². The summed E-state index contributed by atoms with van der Waals surface area (Å²) in [5, 5.41) is 21.1. The number of halogens is 3. The lowest BCUT2D eigenvalue weighted by molar-refractivity contribution is -0.141. The molecule has 1 aromatic carbocycles. The lowest BCUT2D eigenvalue weighted by Crippen LogP contribution is -2.31. The van der Waals surface area contributed by atoms with Crippen molar-refractivity contribution < 1.29 is 23.4 Å². The minimum atomic E-state index is -4.56. The zero-order chi connectivity index (χ0) is 22.4. The van der Waals surface area contributed by atoms with Crippen molar-refractivity contribution in [2.45, 2.75) is 13.1 Å². The maximum Gasteiger partial charge on any atom is 0.433 e.